The van der Waals surface area contributed by atoms with E-state index in [2.05, 4.69) is 27.3 Å². The Kier molecular flexibility index (Phi) is 5.52. The van der Waals surface area contributed by atoms with Crippen molar-refractivity contribution >= 4 is 17.5 Å². The molecule has 0 unspecified atom stereocenters. The van der Waals surface area contributed by atoms with Crippen molar-refractivity contribution in [1.29, 1.82) is 0 Å². The second kappa shape index (κ2) is 7.83. The maximum atomic E-state index is 12.3. The van der Waals surface area contributed by atoms with Gasteiger partial charge in [0.2, 0.25) is 0 Å². The Balaban J connectivity index is 1.91. The Morgan fingerprint density at radius 1 is 1.08 bits per heavy atom. The van der Waals surface area contributed by atoms with Crippen molar-refractivity contribution < 1.29 is 4.79 Å². The topological polar surface area (TPSA) is 60.7 Å². The molecule has 0 amide bonds. The Bertz CT molecular complexity index is 870. The number of carbonyl (C=O) groups excluding carboxylic acids is 1. The van der Waals surface area contributed by atoms with Crippen molar-refractivity contribution in [3.05, 3.63) is 60.4 Å². The van der Waals surface area contributed by atoms with Crippen LogP contribution in [0.4, 0.5) is 0 Å². The number of Topliss-reactive ketones (excluding diaryl/α,β-unsaturated/α-hetero) is 1. The highest BCUT2D eigenvalue weighted by atomic mass is 32.2. The van der Waals surface area contributed by atoms with Crippen LogP contribution >= 0.6 is 11.8 Å². The first-order valence-corrected chi connectivity index (χ1v) is 9.47. The van der Waals surface area contributed by atoms with E-state index >= 15 is 0 Å². The molecule has 26 heavy (non-hydrogen) atoms. The molecule has 2 heterocycles. The second-order valence-corrected chi connectivity index (χ2v) is 8.02. The van der Waals surface area contributed by atoms with Crippen molar-refractivity contribution in [2.45, 2.75) is 32.5 Å². The molecule has 0 aliphatic heterocycles. The van der Waals surface area contributed by atoms with E-state index < -0.39 is 0 Å². The molecule has 0 spiro atoms. The number of benzene rings is 1. The highest BCUT2D eigenvalue weighted by molar-refractivity contribution is 7.99. The number of pyridine rings is 1. The van der Waals surface area contributed by atoms with Crippen molar-refractivity contribution in [1.82, 2.24) is 19.7 Å². The van der Waals surface area contributed by atoms with Gasteiger partial charge in [-0.05, 0) is 17.7 Å². The van der Waals surface area contributed by atoms with Crippen LogP contribution in [0.3, 0.4) is 0 Å². The van der Waals surface area contributed by atoms with Gasteiger partial charge in [-0.25, -0.2) is 0 Å². The van der Waals surface area contributed by atoms with Gasteiger partial charge in [-0.3, -0.25) is 14.3 Å². The van der Waals surface area contributed by atoms with Crippen molar-refractivity contribution in [2.24, 2.45) is 5.41 Å². The Morgan fingerprint density at radius 2 is 1.85 bits per heavy atom. The van der Waals surface area contributed by atoms with Gasteiger partial charge in [0.05, 0.1) is 12.3 Å². The molecule has 134 valence electrons. The summed E-state index contributed by atoms with van der Waals surface area (Å²) in [5, 5.41) is 9.44. The zero-order chi connectivity index (χ0) is 18.6. The first-order chi connectivity index (χ1) is 12.4. The van der Waals surface area contributed by atoms with Gasteiger partial charge in [-0.1, -0.05) is 62.9 Å². The van der Waals surface area contributed by atoms with E-state index in [4.69, 9.17) is 0 Å². The van der Waals surface area contributed by atoms with E-state index in [0.717, 1.165) is 22.1 Å². The van der Waals surface area contributed by atoms with Crippen LogP contribution in [-0.4, -0.2) is 31.3 Å². The molecule has 3 aromatic rings. The van der Waals surface area contributed by atoms with E-state index in [0.29, 0.717) is 12.3 Å². The Hall–Kier alpha value is -2.47. The maximum absolute atomic E-state index is 12.3. The van der Waals surface area contributed by atoms with Gasteiger partial charge in [-0.2, -0.15) is 0 Å². The molecule has 6 heteroatoms. The van der Waals surface area contributed by atoms with Gasteiger partial charge in [0.15, 0.2) is 11.0 Å². The fourth-order valence-electron chi connectivity index (χ4n) is 2.36. The number of hydrogen-bond acceptors (Lipinski definition) is 5. The molecular weight excluding hydrogens is 344 g/mol. The molecule has 0 radical (unpaired) electrons. The zero-order valence-electron chi connectivity index (χ0n) is 15.2. The molecule has 0 saturated heterocycles. The van der Waals surface area contributed by atoms with Crippen LogP contribution < -0.4 is 0 Å². The largest absolute Gasteiger partial charge is 0.298 e. The number of nitrogens with zero attached hydrogens (tertiary/aromatic N) is 4. The SMILES string of the molecule is CC(C)(C)C(=O)CSc1nnc(-c2cccnc2)n1Cc1ccccc1. The van der Waals surface area contributed by atoms with E-state index in [1.54, 1.807) is 12.4 Å². The normalized spacial score (nSPS) is 11.5. The lowest BCUT2D eigenvalue weighted by Crippen LogP contribution is -2.22. The first kappa shape index (κ1) is 18.3. The fourth-order valence-corrected chi connectivity index (χ4v) is 3.46. The highest BCUT2D eigenvalue weighted by Gasteiger charge is 2.23. The minimum absolute atomic E-state index is 0.194. The summed E-state index contributed by atoms with van der Waals surface area (Å²) in [5.74, 6) is 1.33. The van der Waals surface area contributed by atoms with Crippen molar-refractivity contribution in [3.8, 4) is 11.4 Å². The minimum Gasteiger partial charge on any atom is -0.298 e. The Morgan fingerprint density at radius 3 is 2.50 bits per heavy atom. The van der Waals surface area contributed by atoms with Crippen LogP contribution in [0.15, 0.2) is 60.0 Å². The van der Waals surface area contributed by atoms with Gasteiger partial charge < -0.3 is 0 Å². The molecule has 0 fully saturated rings. The molecule has 0 bridgehead atoms. The lowest BCUT2D eigenvalue weighted by atomic mass is 9.92. The van der Waals surface area contributed by atoms with Gasteiger partial charge in [-0.15, -0.1) is 10.2 Å². The van der Waals surface area contributed by atoms with Crippen LogP contribution in [0.2, 0.25) is 0 Å². The third kappa shape index (κ3) is 4.38. The first-order valence-electron chi connectivity index (χ1n) is 8.49. The number of carbonyl (C=O) groups is 1. The summed E-state index contributed by atoms with van der Waals surface area (Å²) >= 11 is 1.44. The highest BCUT2D eigenvalue weighted by Crippen LogP contribution is 2.27. The third-order valence-corrected chi connectivity index (χ3v) is 4.96. The van der Waals surface area contributed by atoms with Gasteiger partial charge in [0.25, 0.3) is 0 Å². The van der Waals surface area contributed by atoms with E-state index in [1.165, 1.54) is 11.8 Å². The quantitative estimate of drug-likeness (QED) is 0.615. The molecule has 0 saturated carbocycles. The lowest BCUT2D eigenvalue weighted by molar-refractivity contribution is -0.123. The molecule has 5 nitrogen and oxygen atoms in total. The maximum Gasteiger partial charge on any atom is 0.192 e. The van der Waals surface area contributed by atoms with Crippen molar-refractivity contribution in [3.63, 3.8) is 0 Å². The predicted octanol–water partition coefficient (Wildman–Crippen LogP) is 4.10. The molecule has 1 aromatic carbocycles. The predicted molar refractivity (Wildman–Crippen MR) is 104 cm³/mol. The monoisotopic (exact) mass is 366 g/mol. The fraction of sp³-hybridized carbons (Fsp3) is 0.300. The smallest absolute Gasteiger partial charge is 0.192 e. The average molecular weight is 366 g/mol. The summed E-state index contributed by atoms with van der Waals surface area (Å²) in [6.45, 7) is 6.45. The number of hydrogen-bond donors (Lipinski definition) is 0. The number of aromatic nitrogens is 4. The summed E-state index contributed by atoms with van der Waals surface area (Å²) in [5.41, 5.74) is 1.70. The standard InChI is InChI=1S/C20H22N4OS/c1-20(2,3)17(25)14-26-19-23-22-18(16-10-7-11-21-12-16)24(19)13-15-8-5-4-6-9-15/h4-12H,13-14H2,1-3H3. The average Bonchev–Trinajstić information content (AvgIpc) is 3.03. The molecule has 2 aromatic heterocycles. The van der Waals surface area contributed by atoms with Crippen LogP contribution in [0.5, 0.6) is 0 Å². The van der Waals surface area contributed by atoms with Crippen LogP contribution in [-0.2, 0) is 11.3 Å². The van der Waals surface area contributed by atoms with E-state index in [-0.39, 0.29) is 11.2 Å². The van der Waals surface area contributed by atoms with Crippen LogP contribution in [0.1, 0.15) is 26.3 Å². The molecule has 3 rings (SSSR count). The number of thioether (sulfide) groups is 1. The van der Waals surface area contributed by atoms with Crippen molar-refractivity contribution in [2.75, 3.05) is 5.75 Å². The van der Waals surface area contributed by atoms with Gasteiger partial charge in [0.1, 0.15) is 5.78 Å². The summed E-state index contributed by atoms with van der Waals surface area (Å²) in [6.07, 6.45) is 3.51. The lowest BCUT2D eigenvalue weighted by Gasteiger charge is -2.16. The van der Waals surface area contributed by atoms with Gasteiger partial charge in [0, 0.05) is 23.4 Å². The van der Waals surface area contributed by atoms with Crippen LogP contribution in [0, 0.1) is 5.41 Å². The summed E-state index contributed by atoms with van der Waals surface area (Å²) < 4.78 is 2.05. The van der Waals surface area contributed by atoms with E-state index in [9.17, 15) is 4.79 Å². The molecule has 0 aliphatic carbocycles. The minimum atomic E-state index is -0.358. The molecule has 0 atom stereocenters. The number of rotatable bonds is 6. The zero-order valence-corrected chi connectivity index (χ0v) is 16.0. The number of ketones is 1. The van der Waals surface area contributed by atoms with Gasteiger partial charge >= 0.3 is 0 Å². The molecule has 0 aliphatic rings. The molecular formula is C20H22N4OS. The summed E-state index contributed by atoms with van der Waals surface area (Å²) in [7, 11) is 0. The molecule has 0 N–H and O–H groups in total. The third-order valence-electron chi connectivity index (χ3n) is 3.99. The van der Waals surface area contributed by atoms with Crippen LogP contribution in [0.25, 0.3) is 11.4 Å². The Labute approximate surface area is 157 Å². The summed E-state index contributed by atoms with van der Waals surface area (Å²) in [6, 6.07) is 14.0. The second-order valence-electron chi connectivity index (χ2n) is 7.08. The summed E-state index contributed by atoms with van der Waals surface area (Å²) in [4.78, 5) is 16.5. The van der Waals surface area contributed by atoms with E-state index in [1.807, 2.05) is 55.7 Å².